The van der Waals surface area contributed by atoms with E-state index in [0.717, 1.165) is 31.6 Å². The van der Waals surface area contributed by atoms with Gasteiger partial charge in [0.15, 0.2) is 5.13 Å². The number of hydrogen-bond acceptors (Lipinski definition) is 7. The quantitative estimate of drug-likeness (QED) is 0.462. The molecule has 1 amide bonds. The summed E-state index contributed by atoms with van der Waals surface area (Å²) in [5, 5.41) is 11.3. The largest absolute Gasteiger partial charge is 0.360 e. The summed E-state index contributed by atoms with van der Waals surface area (Å²) >= 11 is 2.91. The Balaban J connectivity index is 1.45. The molecule has 0 bridgehead atoms. The Morgan fingerprint density at radius 1 is 1.22 bits per heavy atom. The fourth-order valence-corrected chi connectivity index (χ4v) is 4.62. The lowest BCUT2D eigenvalue weighted by molar-refractivity contribution is 0.103. The highest BCUT2D eigenvalue weighted by molar-refractivity contribution is 7.29. The van der Waals surface area contributed by atoms with E-state index in [1.54, 1.807) is 4.68 Å². The van der Waals surface area contributed by atoms with Gasteiger partial charge >= 0.3 is 0 Å². The van der Waals surface area contributed by atoms with Crippen molar-refractivity contribution < 1.29 is 4.79 Å². The first kappa shape index (κ1) is 17.7. The average molecular weight is 399 g/mol. The molecule has 9 heteroatoms. The van der Waals surface area contributed by atoms with Crippen LogP contribution in [0.1, 0.15) is 9.67 Å². The van der Waals surface area contributed by atoms with Crippen molar-refractivity contribution in [2.45, 2.75) is 0 Å². The molecule has 0 saturated heterocycles. The summed E-state index contributed by atoms with van der Waals surface area (Å²) < 4.78 is 2.76. The van der Waals surface area contributed by atoms with Gasteiger partial charge in [-0.1, -0.05) is 23.5 Å². The zero-order valence-corrected chi connectivity index (χ0v) is 16.2. The van der Waals surface area contributed by atoms with Crippen LogP contribution in [-0.2, 0) is 7.05 Å². The van der Waals surface area contributed by atoms with E-state index in [9.17, 15) is 4.79 Å². The number of nitrogens with zero attached hydrogens (tertiary/aromatic N) is 3. The van der Waals surface area contributed by atoms with Crippen molar-refractivity contribution in [1.29, 1.82) is 0 Å². The lowest BCUT2D eigenvalue weighted by Gasteiger charge is -2.04. The van der Waals surface area contributed by atoms with Gasteiger partial charge in [0.1, 0.15) is 4.83 Å². The van der Waals surface area contributed by atoms with E-state index in [2.05, 4.69) is 20.7 Å². The molecule has 1 aromatic carbocycles. The number of carbonyl (C=O) groups excluding carboxylic acids is 1. The smallest absolute Gasteiger partial charge is 0.265 e. The van der Waals surface area contributed by atoms with Crippen LogP contribution in [0, 0.1) is 0 Å². The van der Waals surface area contributed by atoms with Crippen LogP contribution >= 0.6 is 22.7 Å². The van der Waals surface area contributed by atoms with Crippen LogP contribution in [0.15, 0.2) is 42.6 Å². The minimum absolute atomic E-state index is 0.132. The Bertz CT molecular complexity index is 1050. The highest BCUT2D eigenvalue weighted by Crippen LogP contribution is 2.33. The van der Waals surface area contributed by atoms with E-state index >= 15 is 0 Å². The molecule has 4 rings (SSSR count). The molecule has 0 radical (unpaired) electrons. The van der Waals surface area contributed by atoms with Gasteiger partial charge in [0.2, 0.25) is 0 Å². The van der Waals surface area contributed by atoms with E-state index in [1.807, 2.05) is 49.6 Å². The minimum Gasteiger partial charge on any atom is -0.360 e. The molecule has 3 heterocycles. The normalized spacial score (nSPS) is 11.0. The van der Waals surface area contributed by atoms with E-state index in [4.69, 9.17) is 5.73 Å². The van der Waals surface area contributed by atoms with Crippen LogP contribution in [-0.4, -0.2) is 33.8 Å². The SMILES string of the molecule is Cn1ccc(-c2ccc(NC(=O)c3cc4sc(NCCN)nc4s3)cc2)n1. The Labute approximate surface area is 163 Å². The zero-order valence-electron chi connectivity index (χ0n) is 14.6. The monoisotopic (exact) mass is 398 g/mol. The Morgan fingerprint density at radius 2 is 2.04 bits per heavy atom. The topological polar surface area (TPSA) is 97.9 Å². The van der Waals surface area contributed by atoms with Crippen LogP contribution in [0.5, 0.6) is 0 Å². The maximum Gasteiger partial charge on any atom is 0.265 e. The van der Waals surface area contributed by atoms with Gasteiger partial charge in [0, 0.05) is 37.6 Å². The highest BCUT2D eigenvalue weighted by Gasteiger charge is 2.14. The number of nitrogens with two attached hydrogens (primary N) is 1. The fourth-order valence-electron chi connectivity index (χ4n) is 2.59. The predicted molar refractivity (Wildman–Crippen MR) is 112 cm³/mol. The average Bonchev–Trinajstić information content (AvgIpc) is 3.35. The molecule has 3 aromatic heterocycles. The fraction of sp³-hybridized carbons (Fsp3) is 0.167. The molecule has 0 atom stereocenters. The molecule has 4 aromatic rings. The summed E-state index contributed by atoms with van der Waals surface area (Å²) in [4.78, 5) is 18.5. The number of aryl methyl sites for hydroxylation is 1. The van der Waals surface area contributed by atoms with Crippen molar-refractivity contribution in [3.05, 3.63) is 47.5 Å². The highest BCUT2D eigenvalue weighted by atomic mass is 32.1. The number of anilines is 2. The number of benzene rings is 1. The van der Waals surface area contributed by atoms with Crippen molar-refractivity contribution in [3.8, 4) is 11.3 Å². The van der Waals surface area contributed by atoms with Crippen molar-refractivity contribution in [3.63, 3.8) is 0 Å². The second kappa shape index (κ2) is 7.47. The van der Waals surface area contributed by atoms with Crippen molar-refractivity contribution in [1.82, 2.24) is 14.8 Å². The third-order valence-electron chi connectivity index (χ3n) is 3.89. The summed E-state index contributed by atoms with van der Waals surface area (Å²) in [6.45, 7) is 1.24. The molecule has 0 aliphatic rings. The molecular formula is C18H18N6OS2. The number of carbonyl (C=O) groups is 1. The third-order valence-corrected chi connectivity index (χ3v) is 6.00. The Kier molecular flexibility index (Phi) is 4.88. The van der Waals surface area contributed by atoms with Gasteiger partial charge in [0.05, 0.1) is 15.3 Å². The van der Waals surface area contributed by atoms with Gasteiger partial charge in [0.25, 0.3) is 5.91 Å². The van der Waals surface area contributed by atoms with Crippen LogP contribution in [0.4, 0.5) is 10.8 Å². The molecule has 0 fully saturated rings. The van der Waals surface area contributed by atoms with Gasteiger partial charge < -0.3 is 16.4 Å². The number of amides is 1. The third kappa shape index (κ3) is 3.85. The van der Waals surface area contributed by atoms with Gasteiger partial charge in [-0.15, -0.1) is 11.3 Å². The molecule has 7 nitrogen and oxygen atoms in total. The van der Waals surface area contributed by atoms with Crippen molar-refractivity contribution in [2.75, 3.05) is 23.7 Å². The molecule has 138 valence electrons. The molecule has 0 spiro atoms. The summed E-state index contributed by atoms with van der Waals surface area (Å²) in [5.41, 5.74) is 8.14. The maximum absolute atomic E-state index is 12.5. The summed E-state index contributed by atoms with van der Waals surface area (Å²) in [6.07, 6.45) is 1.90. The number of nitrogens with one attached hydrogen (secondary N) is 2. The number of hydrogen-bond donors (Lipinski definition) is 3. The van der Waals surface area contributed by atoms with Crippen LogP contribution in [0.2, 0.25) is 0 Å². The number of aromatic nitrogens is 3. The molecule has 0 aliphatic carbocycles. The second-order valence-corrected chi connectivity index (χ2v) is 7.98. The van der Waals surface area contributed by atoms with E-state index in [1.165, 1.54) is 22.7 Å². The van der Waals surface area contributed by atoms with Gasteiger partial charge in [-0.25, -0.2) is 4.98 Å². The standard InChI is InChI=1S/C18H18N6OS2/c1-24-9-6-13(23-24)11-2-4-12(5-3-11)21-16(25)14-10-15-17(26-14)22-18(27-15)20-8-7-19/h2-6,9-10H,7-8,19H2,1H3,(H,20,22)(H,21,25). The van der Waals surface area contributed by atoms with Crippen molar-refractivity contribution in [2.24, 2.45) is 12.8 Å². The van der Waals surface area contributed by atoms with Crippen LogP contribution < -0.4 is 16.4 Å². The summed E-state index contributed by atoms with van der Waals surface area (Å²) in [5.74, 6) is -0.132. The lowest BCUT2D eigenvalue weighted by atomic mass is 10.1. The van der Waals surface area contributed by atoms with Gasteiger partial charge in [-0.3, -0.25) is 9.48 Å². The van der Waals surface area contributed by atoms with Crippen LogP contribution in [0.25, 0.3) is 20.8 Å². The first-order chi connectivity index (χ1) is 13.1. The zero-order chi connectivity index (χ0) is 18.8. The summed E-state index contributed by atoms with van der Waals surface area (Å²) in [7, 11) is 1.88. The molecule has 0 saturated carbocycles. The number of thiazole rings is 1. The van der Waals surface area contributed by atoms with E-state index in [-0.39, 0.29) is 5.91 Å². The lowest BCUT2D eigenvalue weighted by Crippen LogP contribution is -2.12. The van der Waals surface area contributed by atoms with Gasteiger partial charge in [-0.05, 0) is 24.3 Å². The van der Waals surface area contributed by atoms with E-state index in [0.29, 0.717) is 18.0 Å². The maximum atomic E-state index is 12.5. The molecule has 4 N–H and O–H groups in total. The van der Waals surface area contributed by atoms with Gasteiger partial charge in [-0.2, -0.15) is 5.10 Å². The summed E-state index contributed by atoms with van der Waals surface area (Å²) in [6, 6.07) is 11.5. The van der Waals surface area contributed by atoms with E-state index < -0.39 is 0 Å². The van der Waals surface area contributed by atoms with Crippen molar-refractivity contribution >= 4 is 48.9 Å². The van der Waals surface area contributed by atoms with Crippen LogP contribution in [0.3, 0.4) is 0 Å². The number of thiophene rings is 1. The second-order valence-electron chi connectivity index (χ2n) is 5.92. The number of rotatable bonds is 6. The Morgan fingerprint density at radius 3 is 2.70 bits per heavy atom. The Hall–Kier alpha value is -2.75. The predicted octanol–water partition coefficient (Wildman–Crippen LogP) is 3.38. The molecular weight excluding hydrogens is 380 g/mol. The molecule has 0 aliphatic heterocycles. The number of fused-ring (bicyclic) bond motifs is 1. The molecule has 27 heavy (non-hydrogen) atoms. The minimum atomic E-state index is -0.132. The molecule has 0 unspecified atom stereocenters. The first-order valence-corrected chi connectivity index (χ1v) is 10.0. The first-order valence-electron chi connectivity index (χ1n) is 8.38.